The van der Waals surface area contributed by atoms with Crippen LogP contribution < -0.4 is 10.2 Å². The molecule has 0 aliphatic carbocycles. The van der Waals surface area contributed by atoms with Gasteiger partial charge in [0, 0.05) is 19.0 Å². The second kappa shape index (κ2) is 5.27. The number of rotatable bonds is 1. The van der Waals surface area contributed by atoms with Crippen LogP contribution in [-0.4, -0.2) is 25.0 Å². The molecule has 0 spiro atoms. The highest BCUT2D eigenvalue weighted by Gasteiger charge is 2.22. The van der Waals surface area contributed by atoms with Gasteiger partial charge in [-0.25, -0.2) is 4.39 Å². The van der Waals surface area contributed by atoms with Gasteiger partial charge in [0.1, 0.15) is 5.82 Å². The first-order valence-corrected chi connectivity index (χ1v) is 5.97. The molecule has 1 heterocycles. The van der Waals surface area contributed by atoms with E-state index in [4.69, 9.17) is 0 Å². The number of benzene rings is 1. The minimum Gasteiger partial charge on any atom is -0.314 e. The summed E-state index contributed by atoms with van der Waals surface area (Å²) >= 11 is 0. The second-order valence-electron chi connectivity index (χ2n) is 4.41. The average Bonchev–Trinajstić information content (AvgIpc) is 2.28. The summed E-state index contributed by atoms with van der Waals surface area (Å²) in [7, 11) is 0. The molecular weight excluding hydrogens is 219 g/mol. The number of nitrogens with one attached hydrogen (secondary N) is 1. The van der Waals surface area contributed by atoms with Gasteiger partial charge in [0.25, 0.3) is 0 Å². The third-order valence-electron chi connectivity index (χ3n) is 2.98. The van der Waals surface area contributed by atoms with E-state index >= 15 is 0 Å². The fourth-order valence-electron chi connectivity index (χ4n) is 2.08. The first kappa shape index (κ1) is 12.0. The van der Waals surface area contributed by atoms with Crippen LogP contribution in [0.5, 0.6) is 0 Å². The largest absolute Gasteiger partial charge is 0.314 e. The molecule has 92 valence electrons. The van der Waals surface area contributed by atoms with E-state index in [0.29, 0.717) is 18.7 Å². The summed E-state index contributed by atoms with van der Waals surface area (Å²) in [5.41, 5.74) is 0.395. The maximum atomic E-state index is 13.7. The van der Waals surface area contributed by atoms with E-state index in [9.17, 15) is 9.18 Å². The Bertz CT molecular complexity index is 408. The average molecular weight is 236 g/mol. The number of carbonyl (C=O) groups excluding carboxylic acids is 1. The molecule has 2 rings (SSSR count). The minimum absolute atomic E-state index is 0.0187. The number of hydrogen-bond donors (Lipinski definition) is 1. The molecule has 1 aliphatic heterocycles. The van der Waals surface area contributed by atoms with Gasteiger partial charge in [-0.2, -0.15) is 0 Å². The molecule has 1 fully saturated rings. The molecule has 0 aromatic heterocycles. The lowest BCUT2D eigenvalue weighted by Crippen LogP contribution is -2.42. The summed E-state index contributed by atoms with van der Waals surface area (Å²) in [4.78, 5) is 13.6. The standard InChI is InChI=1S/C13H17FN2O/c1-10-9-13(17)16(8-4-7-15-10)12-6-3-2-5-11(12)14/h2-3,5-6,10,15H,4,7-9H2,1H3. The second-order valence-corrected chi connectivity index (χ2v) is 4.41. The van der Waals surface area contributed by atoms with Crippen LogP contribution in [0.4, 0.5) is 10.1 Å². The number of anilines is 1. The van der Waals surface area contributed by atoms with Crippen LogP contribution in [0.1, 0.15) is 19.8 Å². The van der Waals surface area contributed by atoms with Crippen LogP contribution in [0.3, 0.4) is 0 Å². The third kappa shape index (κ3) is 2.82. The third-order valence-corrected chi connectivity index (χ3v) is 2.98. The van der Waals surface area contributed by atoms with E-state index in [1.54, 1.807) is 23.1 Å². The van der Waals surface area contributed by atoms with Gasteiger partial charge < -0.3 is 10.2 Å². The molecule has 1 N–H and O–H groups in total. The fourth-order valence-corrected chi connectivity index (χ4v) is 2.08. The van der Waals surface area contributed by atoms with E-state index in [-0.39, 0.29) is 17.8 Å². The van der Waals surface area contributed by atoms with Gasteiger partial charge in [-0.15, -0.1) is 0 Å². The zero-order valence-electron chi connectivity index (χ0n) is 9.95. The summed E-state index contributed by atoms with van der Waals surface area (Å²) in [6, 6.07) is 6.59. The molecular formula is C13H17FN2O. The van der Waals surface area contributed by atoms with Crippen molar-refractivity contribution in [3.05, 3.63) is 30.1 Å². The van der Waals surface area contributed by atoms with Gasteiger partial charge in [0.05, 0.1) is 5.69 Å². The maximum absolute atomic E-state index is 13.7. The molecule has 1 saturated heterocycles. The van der Waals surface area contributed by atoms with Crippen molar-refractivity contribution in [2.24, 2.45) is 0 Å². The normalized spacial score (nSPS) is 22.1. The van der Waals surface area contributed by atoms with Crippen LogP contribution in [-0.2, 0) is 4.79 Å². The van der Waals surface area contributed by atoms with Crippen molar-refractivity contribution in [3.8, 4) is 0 Å². The van der Waals surface area contributed by atoms with Gasteiger partial charge >= 0.3 is 0 Å². The van der Waals surface area contributed by atoms with Crippen molar-refractivity contribution < 1.29 is 9.18 Å². The van der Waals surface area contributed by atoms with Crippen molar-refractivity contribution in [2.45, 2.75) is 25.8 Å². The topological polar surface area (TPSA) is 32.3 Å². The summed E-state index contributed by atoms with van der Waals surface area (Å²) in [5.74, 6) is -0.350. The Kier molecular flexibility index (Phi) is 3.74. The van der Waals surface area contributed by atoms with Crippen LogP contribution in [0, 0.1) is 5.82 Å². The van der Waals surface area contributed by atoms with Crippen LogP contribution in [0.15, 0.2) is 24.3 Å². The predicted octanol–water partition coefficient (Wildman–Crippen LogP) is 1.93. The lowest BCUT2D eigenvalue weighted by Gasteiger charge is -2.28. The predicted molar refractivity (Wildman–Crippen MR) is 65.5 cm³/mol. The first-order valence-electron chi connectivity index (χ1n) is 5.97. The van der Waals surface area contributed by atoms with Crippen LogP contribution in [0.2, 0.25) is 0 Å². The van der Waals surface area contributed by atoms with Gasteiger partial charge in [-0.1, -0.05) is 12.1 Å². The maximum Gasteiger partial charge on any atom is 0.228 e. The van der Waals surface area contributed by atoms with Crippen LogP contribution >= 0.6 is 0 Å². The van der Waals surface area contributed by atoms with E-state index in [1.165, 1.54) is 6.07 Å². The van der Waals surface area contributed by atoms with Crippen molar-refractivity contribution in [1.29, 1.82) is 0 Å². The summed E-state index contributed by atoms with van der Waals surface area (Å²) < 4.78 is 13.7. The molecule has 1 aliphatic rings. The number of halogens is 1. The fraction of sp³-hybridized carbons (Fsp3) is 0.462. The highest BCUT2D eigenvalue weighted by atomic mass is 19.1. The highest BCUT2D eigenvalue weighted by molar-refractivity contribution is 5.93. The van der Waals surface area contributed by atoms with Crippen molar-refractivity contribution >= 4 is 11.6 Å². The minimum atomic E-state index is -0.331. The number of carbonyl (C=O) groups is 1. The van der Waals surface area contributed by atoms with E-state index in [1.807, 2.05) is 6.92 Å². The smallest absolute Gasteiger partial charge is 0.228 e. The Balaban J connectivity index is 2.23. The van der Waals surface area contributed by atoms with E-state index in [0.717, 1.165) is 13.0 Å². The molecule has 1 atom stereocenters. The van der Waals surface area contributed by atoms with E-state index in [2.05, 4.69) is 5.32 Å². The molecule has 0 bridgehead atoms. The number of para-hydroxylation sites is 1. The van der Waals surface area contributed by atoms with Gasteiger partial charge in [-0.05, 0) is 32.0 Å². The first-order chi connectivity index (χ1) is 8.18. The zero-order chi connectivity index (χ0) is 12.3. The molecule has 1 aromatic carbocycles. The van der Waals surface area contributed by atoms with Crippen molar-refractivity contribution in [1.82, 2.24) is 5.32 Å². The molecule has 4 heteroatoms. The molecule has 1 amide bonds. The zero-order valence-corrected chi connectivity index (χ0v) is 9.95. The van der Waals surface area contributed by atoms with Gasteiger partial charge in [0.2, 0.25) is 5.91 Å². The Morgan fingerprint density at radius 2 is 2.18 bits per heavy atom. The monoisotopic (exact) mass is 236 g/mol. The Hall–Kier alpha value is -1.42. The molecule has 0 saturated carbocycles. The molecule has 1 aromatic rings. The lowest BCUT2D eigenvalue weighted by atomic mass is 10.1. The summed E-state index contributed by atoms with van der Waals surface area (Å²) in [6.07, 6.45) is 1.25. The van der Waals surface area contributed by atoms with E-state index < -0.39 is 0 Å². The van der Waals surface area contributed by atoms with Gasteiger partial charge in [-0.3, -0.25) is 4.79 Å². The number of amides is 1. The van der Waals surface area contributed by atoms with Crippen molar-refractivity contribution in [2.75, 3.05) is 18.0 Å². The summed E-state index contributed by atoms with van der Waals surface area (Å²) in [5, 5.41) is 3.26. The van der Waals surface area contributed by atoms with Gasteiger partial charge in [0.15, 0.2) is 0 Å². The highest BCUT2D eigenvalue weighted by Crippen LogP contribution is 2.20. The summed E-state index contributed by atoms with van der Waals surface area (Å²) in [6.45, 7) is 3.40. The SMILES string of the molecule is CC1CC(=O)N(c2ccccc2F)CCCN1. The molecule has 17 heavy (non-hydrogen) atoms. The van der Waals surface area contributed by atoms with Crippen molar-refractivity contribution in [3.63, 3.8) is 0 Å². The van der Waals surface area contributed by atoms with Crippen LogP contribution in [0.25, 0.3) is 0 Å². The Morgan fingerprint density at radius 1 is 1.41 bits per heavy atom. The Morgan fingerprint density at radius 3 is 2.94 bits per heavy atom. The molecule has 0 radical (unpaired) electrons. The molecule has 3 nitrogen and oxygen atoms in total. The lowest BCUT2D eigenvalue weighted by molar-refractivity contribution is -0.119. The molecule has 1 unspecified atom stereocenters. The Labute approximate surface area is 101 Å². The quantitative estimate of drug-likeness (QED) is 0.808. The number of hydrogen-bond acceptors (Lipinski definition) is 2. The number of nitrogens with zero attached hydrogens (tertiary/aromatic N) is 1.